The maximum Gasteiger partial charge on any atom is 0.268 e. The third kappa shape index (κ3) is 2.97. The van der Waals surface area contributed by atoms with Gasteiger partial charge in [0.25, 0.3) is 5.91 Å². The Morgan fingerprint density at radius 2 is 2.32 bits per heavy atom. The van der Waals surface area contributed by atoms with Crippen LogP contribution in [0.4, 0.5) is 0 Å². The van der Waals surface area contributed by atoms with Crippen LogP contribution in [0.1, 0.15) is 35.7 Å². The number of carbonyl (C=O) groups excluding carboxylic acids is 1. The SMILES string of the molecule is Cc1oc(CN2CCOCC2(C)C)cc1C(=O)NN. The normalized spacial score (nSPS) is 19.4. The minimum atomic E-state index is -0.325. The monoisotopic (exact) mass is 267 g/mol. The summed E-state index contributed by atoms with van der Waals surface area (Å²) in [5.74, 6) is 6.17. The lowest BCUT2D eigenvalue weighted by Gasteiger charge is -2.41. The number of hydrogen-bond donors (Lipinski definition) is 2. The highest BCUT2D eigenvalue weighted by molar-refractivity contribution is 5.94. The van der Waals surface area contributed by atoms with Crippen molar-refractivity contribution in [2.45, 2.75) is 32.9 Å². The first kappa shape index (κ1) is 14.0. The average molecular weight is 267 g/mol. The lowest BCUT2D eigenvalue weighted by molar-refractivity contribution is -0.0577. The van der Waals surface area contributed by atoms with Crippen LogP contribution in [0.5, 0.6) is 0 Å². The third-order valence-corrected chi connectivity index (χ3v) is 3.51. The summed E-state index contributed by atoms with van der Waals surface area (Å²) < 4.78 is 11.1. The fourth-order valence-corrected chi connectivity index (χ4v) is 2.30. The second-order valence-electron chi connectivity index (χ2n) is 5.44. The molecule has 3 N–H and O–H groups in total. The van der Waals surface area contributed by atoms with Crippen LogP contribution in [0.15, 0.2) is 10.5 Å². The molecule has 0 bridgehead atoms. The lowest BCUT2D eigenvalue weighted by Crippen LogP contribution is -2.52. The average Bonchev–Trinajstić information content (AvgIpc) is 2.72. The van der Waals surface area contributed by atoms with Crippen molar-refractivity contribution >= 4 is 5.91 Å². The summed E-state index contributed by atoms with van der Waals surface area (Å²) in [4.78, 5) is 13.8. The number of furan rings is 1. The molecule has 1 amide bonds. The minimum Gasteiger partial charge on any atom is -0.464 e. The van der Waals surface area contributed by atoms with Gasteiger partial charge in [-0.1, -0.05) is 0 Å². The van der Waals surface area contributed by atoms with E-state index in [4.69, 9.17) is 15.0 Å². The Hall–Kier alpha value is -1.37. The van der Waals surface area contributed by atoms with Gasteiger partial charge < -0.3 is 9.15 Å². The zero-order valence-corrected chi connectivity index (χ0v) is 11.7. The third-order valence-electron chi connectivity index (χ3n) is 3.51. The molecule has 1 aliphatic heterocycles. The molecule has 0 spiro atoms. The van der Waals surface area contributed by atoms with Crippen LogP contribution in [-0.4, -0.2) is 36.1 Å². The van der Waals surface area contributed by atoms with Gasteiger partial charge in [0.05, 0.1) is 25.3 Å². The first-order valence-electron chi connectivity index (χ1n) is 6.37. The quantitative estimate of drug-likeness (QED) is 0.481. The second kappa shape index (κ2) is 5.32. The van der Waals surface area contributed by atoms with E-state index >= 15 is 0 Å². The molecule has 0 aromatic carbocycles. The smallest absolute Gasteiger partial charge is 0.268 e. The maximum atomic E-state index is 11.5. The van der Waals surface area contributed by atoms with Crippen LogP contribution in [0.2, 0.25) is 0 Å². The number of carbonyl (C=O) groups is 1. The molecule has 0 saturated carbocycles. The summed E-state index contributed by atoms with van der Waals surface area (Å²) in [5, 5.41) is 0. The van der Waals surface area contributed by atoms with Gasteiger partial charge in [0.1, 0.15) is 11.5 Å². The molecule has 1 aromatic heterocycles. The molecule has 2 rings (SSSR count). The lowest BCUT2D eigenvalue weighted by atomic mass is 10.0. The zero-order chi connectivity index (χ0) is 14.0. The summed E-state index contributed by atoms with van der Waals surface area (Å²) in [6, 6.07) is 1.75. The van der Waals surface area contributed by atoms with E-state index < -0.39 is 0 Å². The Kier molecular flexibility index (Phi) is 3.93. The number of ether oxygens (including phenoxy) is 1. The first-order chi connectivity index (χ1) is 8.94. The summed E-state index contributed by atoms with van der Waals surface area (Å²) in [5.41, 5.74) is 2.58. The fourth-order valence-electron chi connectivity index (χ4n) is 2.30. The minimum absolute atomic E-state index is 0.0325. The van der Waals surface area contributed by atoms with Crippen LogP contribution < -0.4 is 11.3 Å². The van der Waals surface area contributed by atoms with Gasteiger partial charge in [0.15, 0.2) is 0 Å². The highest BCUT2D eigenvalue weighted by Crippen LogP contribution is 2.23. The van der Waals surface area contributed by atoms with Crippen molar-refractivity contribution in [2.24, 2.45) is 5.84 Å². The summed E-state index contributed by atoms with van der Waals surface area (Å²) in [7, 11) is 0. The van der Waals surface area contributed by atoms with E-state index in [1.54, 1.807) is 13.0 Å². The molecule has 6 nitrogen and oxygen atoms in total. The molecule has 0 aliphatic carbocycles. The maximum absolute atomic E-state index is 11.5. The van der Waals surface area contributed by atoms with Gasteiger partial charge in [0, 0.05) is 12.1 Å². The number of nitrogens with zero attached hydrogens (tertiary/aromatic N) is 1. The Balaban J connectivity index is 2.13. The number of morpholine rings is 1. The molecule has 0 atom stereocenters. The number of hydrazine groups is 1. The molecule has 19 heavy (non-hydrogen) atoms. The number of hydrogen-bond acceptors (Lipinski definition) is 5. The number of nitrogens with one attached hydrogen (secondary N) is 1. The van der Waals surface area contributed by atoms with Crippen molar-refractivity contribution in [3.8, 4) is 0 Å². The molecule has 0 unspecified atom stereocenters. The standard InChI is InChI=1S/C13H21N3O3/c1-9-11(12(17)15-14)6-10(19-9)7-16-4-5-18-8-13(16,2)3/h6H,4-5,7-8,14H2,1-3H3,(H,15,17). The second-order valence-corrected chi connectivity index (χ2v) is 5.44. The van der Waals surface area contributed by atoms with Crippen LogP contribution in [0.3, 0.4) is 0 Å². The van der Waals surface area contributed by atoms with E-state index in [9.17, 15) is 4.79 Å². The molecular weight excluding hydrogens is 246 g/mol. The van der Waals surface area contributed by atoms with Crippen molar-refractivity contribution in [3.05, 3.63) is 23.2 Å². The van der Waals surface area contributed by atoms with Crippen molar-refractivity contribution in [1.82, 2.24) is 10.3 Å². The van der Waals surface area contributed by atoms with E-state index in [1.165, 1.54) is 0 Å². The number of aryl methyl sites for hydroxylation is 1. The van der Waals surface area contributed by atoms with E-state index in [-0.39, 0.29) is 11.4 Å². The van der Waals surface area contributed by atoms with Gasteiger partial charge in [0.2, 0.25) is 0 Å². The number of amides is 1. The van der Waals surface area contributed by atoms with Crippen LogP contribution in [0.25, 0.3) is 0 Å². The Morgan fingerprint density at radius 3 is 2.95 bits per heavy atom. The molecule has 0 radical (unpaired) electrons. The number of nitrogens with two attached hydrogens (primary N) is 1. The zero-order valence-electron chi connectivity index (χ0n) is 11.7. The van der Waals surface area contributed by atoms with Crippen LogP contribution in [0, 0.1) is 6.92 Å². The largest absolute Gasteiger partial charge is 0.464 e. The van der Waals surface area contributed by atoms with Gasteiger partial charge in [-0.3, -0.25) is 15.1 Å². The Bertz CT molecular complexity index is 468. The van der Waals surface area contributed by atoms with Gasteiger partial charge in [-0.05, 0) is 26.8 Å². The number of rotatable bonds is 3. The van der Waals surface area contributed by atoms with E-state index in [2.05, 4.69) is 24.2 Å². The molecule has 6 heteroatoms. The molecule has 1 fully saturated rings. The van der Waals surface area contributed by atoms with Crippen LogP contribution >= 0.6 is 0 Å². The predicted octanol–water partition coefficient (Wildman–Crippen LogP) is 0.802. The summed E-state index contributed by atoms with van der Waals surface area (Å²) >= 11 is 0. The topological polar surface area (TPSA) is 80.7 Å². The molecule has 1 aromatic rings. The Labute approximate surface area is 112 Å². The van der Waals surface area contributed by atoms with Crippen LogP contribution in [-0.2, 0) is 11.3 Å². The van der Waals surface area contributed by atoms with Gasteiger partial charge in [-0.25, -0.2) is 5.84 Å². The van der Waals surface area contributed by atoms with Crippen molar-refractivity contribution in [3.63, 3.8) is 0 Å². The fraction of sp³-hybridized carbons (Fsp3) is 0.615. The van der Waals surface area contributed by atoms with Crippen molar-refractivity contribution < 1.29 is 13.9 Å². The van der Waals surface area contributed by atoms with Crippen molar-refractivity contribution in [2.75, 3.05) is 19.8 Å². The van der Waals surface area contributed by atoms with Gasteiger partial charge in [-0.15, -0.1) is 0 Å². The molecule has 1 aliphatic rings. The van der Waals surface area contributed by atoms with E-state index in [0.29, 0.717) is 24.5 Å². The van der Waals surface area contributed by atoms with Gasteiger partial charge in [-0.2, -0.15) is 0 Å². The highest BCUT2D eigenvalue weighted by atomic mass is 16.5. The van der Waals surface area contributed by atoms with E-state index in [1.807, 2.05) is 0 Å². The Morgan fingerprint density at radius 1 is 1.58 bits per heavy atom. The predicted molar refractivity (Wildman–Crippen MR) is 70.4 cm³/mol. The van der Waals surface area contributed by atoms with Crippen molar-refractivity contribution in [1.29, 1.82) is 0 Å². The highest BCUT2D eigenvalue weighted by Gasteiger charge is 2.31. The summed E-state index contributed by atoms with van der Waals surface area (Å²) in [6.45, 7) is 8.96. The van der Waals surface area contributed by atoms with E-state index in [0.717, 1.165) is 18.9 Å². The molecular formula is C13H21N3O3. The molecule has 1 saturated heterocycles. The summed E-state index contributed by atoms with van der Waals surface area (Å²) in [6.07, 6.45) is 0. The number of nitrogen functional groups attached to an aromatic ring is 1. The molecule has 2 heterocycles. The molecule has 106 valence electrons. The first-order valence-corrected chi connectivity index (χ1v) is 6.37. The van der Waals surface area contributed by atoms with Gasteiger partial charge >= 0.3 is 0 Å².